The Labute approximate surface area is 186 Å². The minimum Gasteiger partial charge on any atom is -0.497 e. The third-order valence-corrected chi connectivity index (χ3v) is 6.70. The molecule has 0 aromatic heterocycles. The summed E-state index contributed by atoms with van der Waals surface area (Å²) >= 11 is 0. The molecule has 0 unspecified atom stereocenters. The van der Waals surface area contributed by atoms with Crippen LogP contribution in [0.25, 0.3) is 0 Å². The lowest BCUT2D eigenvalue weighted by Gasteiger charge is -2.43. The van der Waals surface area contributed by atoms with E-state index in [-0.39, 0.29) is 0 Å². The molecule has 0 atom stereocenters. The summed E-state index contributed by atoms with van der Waals surface area (Å²) in [5.41, 5.74) is 2.41. The SMILES string of the molecule is COc1ccc(OC)c(CN2CCC(N3CCN(c4ccccc4OC)CC3)CC2)c1. The van der Waals surface area contributed by atoms with Crippen LogP contribution in [-0.4, -0.2) is 76.4 Å². The van der Waals surface area contributed by atoms with Gasteiger partial charge in [0.1, 0.15) is 17.2 Å². The number of rotatable bonds is 7. The van der Waals surface area contributed by atoms with E-state index in [4.69, 9.17) is 14.2 Å². The Balaban J connectivity index is 1.28. The van der Waals surface area contributed by atoms with Crippen LogP contribution in [0.15, 0.2) is 42.5 Å². The topological polar surface area (TPSA) is 37.4 Å². The molecule has 4 rings (SSSR count). The van der Waals surface area contributed by atoms with Gasteiger partial charge in [-0.15, -0.1) is 0 Å². The first-order valence-electron chi connectivity index (χ1n) is 11.3. The molecule has 0 saturated carbocycles. The van der Waals surface area contributed by atoms with E-state index in [0.717, 1.165) is 63.1 Å². The van der Waals surface area contributed by atoms with E-state index in [2.05, 4.69) is 39.0 Å². The quantitative estimate of drug-likeness (QED) is 0.676. The predicted octanol–water partition coefficient (Wildman–Crippen LogP) is 3.50. The molecule has 0 radical (unpaired) electrons. The van der Waals surface area contributed by atoms with Gasteiger partial charge in [-0.2, -0.15) is 0 Å². The van der Waals surface area contributed by atoms with Gasteiger partial charge in [0.2, 0.25) is 0 Å². The fourth-order valence-corrected chi connectivity index (χ4v) is 4.91. The van der Waals surface area contributed by atoms with Gasteiger partial charge in [0.25, 0.3) is 0 Å². The summed E-state index contributed by atoms with van der Waals surface area (Å²) in [5, 5.41) is 0. The molecule has 2 heterocycles. The van der Waals surface area contributed by atoms with Gasteiger partial charge in [0.15, 0.2) is 0 Å². The van der Waals surface area contributed by atoms with Crippen molar-refractivity contribution in [3.8, 4) is 17.2 Å². The molecule has 2 aromatic rings. The molecule has 0 spiro atoms. The monoisotopic (exact) mass is 425 g/mol. The second-order valence-electron chi connectivity index (χ2n) is 8.38. The highest BCUT2D eigenvalue weighted by atomic mass is 16.5. The molecule has 0 amide bonds. The van der Waals surface area contributed by atoms with Crippen LogP contribution in [0.2, 0.25) is 0 Å². The van der Waals surface area contributed by atoms with Crippen LogP contribution in [0, 0.1) is 0 Å². The summed E-state index contributed by atoms with van der Waals surface area (Å²) in [6.45, 7) is 7.51. The maximum atomic E-state index is 5.56. The summed E-state index contributed by atoms with van der Waals surface area (Å²) in [5.74, 6) is 2.80. The first-order chi connectivity index (χ1) is 15.2. The van der Waals surface area contributed by atoms with Crippen molar-refractivity contribution in [2.24, 2.45) is 0 Å². The number of para-hydroxylation sites is 2. The van der Waals surface area contributed by atoms with E-state index in [0.29, 0.717) is 6.04 Å². The molecular weight excluding hydrogens is 390 g/mol. The molecule has 0 bridgehead atoms. The smallest absolute Gasteiger partial charge is 0.142 e. The minimum absolute atomic E-state index is 0.684. The van der Waals surface area contributed by atoms with E-state index < -0.39 is 0 Å². The number of piperazine rings is 1. The maximum absolute atomic E-state index is 5.56. The molecule has 2 aromatic carbocycles. The van der Waals surface area contributed by atoms with Crippen LogP contribution >= 0.6 is 0 Å². The predicted molar refractivity (Wildman–Crippen MR) is 125 cm³/mol. The van der Waals surface area contributed by atoms with Gasteiger partial charge < -0.3 is 19.1 Å². The van der Waals surface area contributed by atoms with Gasteiger partial charge in [0.05, 0.1) is 27.0 Å². The van der Waals surface area contributed by atoms with Crippen molar-refractivity contribution < 1.29 is 14.2 Å². The van der Waals surface area contributed by atoms with Gasteiger partial charge in [-0.1, -0.05) is 12.1 Å². The number of methoxy groups -OCH3 is 3. The van der Waals surface area contributed by atoms with Gasteiger partial charge in [-0.25, -0.2) is 0 Å². The third-order valence-electron chi connectivity index (χ3n) is 6.70. The zero-order valence-corrected chi connectivity index (χ0v) is 19.0. The van der Waals surface area contributed by atoms with Crippen molar-refractivity contribution in [1.29, 1.82) is 0 Å². The summed E-state index contributed by atoms with van der Waals surface area (Å²) in [6.07, 6.45) is 2.45. The number of nitrogens with zero attached hydrogens (tertiary/aromatic N) is 3. The average molecular weight is 426 g/mol. The minimum atomic E-state index is 0.684. The van der Waals surface area contributed by atoms with Crippen LogP contribution in [0.1, 0.15) is 18.4 Å². The third kappa shape index (κ3) is 5.08. The van der Waals surface area contributed by atoms with E-state index in [1.54, 1.807) is 21.3 Å². The van der Waals surface area contributed by atoms with Gasteiger partial charge >= 0.3 is 0 Å². The van der Waals surface area contributed by atoms with Crippen LogP contribution in [0.4, 0.5) is 5.69 Å². The van der Waals surface area contributed by atoms with Crippen LogP contribution < -0.4 is 19.1 Å². The van der Waals surface area contributed by atoms with Gasteiger partial charge in [-0.3, -0.25) is 9.80 Å². The highest BCUT2D eigenvalue weighted by molar-refractivity contribution is 5.58. The van der Waals surface area contributed by atoms with E-state index in [1.165, 1.54) is 24.1 Å². The summed E-state index contributed by atoms with van der Waals surface area (Å²) in [4.78, 5) is 7.69. The van der Waals surface area contributed by atoms with Crippen molar-refractivity contribution in [2.45, 2.75) is 25.4 Å². The normalized spacial score (nSPS) is 18.7. The Morgan fingerprint density at radius 3 is 2.16 bits per heavy atom. The highest BCUT2D eigenvalue weighted by Crippen LogP contribution is 2.30. The fourth-order valence-electron chi connectivity index (χ4n) is 4.91. The number of benzene rings is 2. The summed E-state index contributed by atoms with van der Waals surface area (Å²) in [6, 6.07) is 15.1. The molecule has 0 N–H and O–H groups in total. The van der Waals surface area contributed by atoms with Crippen molar-refractivity contribution in [1.82, 2.24) is 9.80 Å². The Morgan fingerprint density at radius 1 is 0.774 bits per heavy atom. The Hall–Kier alpha value is -2.44. The summed E-state index contributed by atoms with van der Waals surface area (Å²) in [7, 11) is 5.21. The zero-order chi connectivity index (χ0) is 21.6. The average Bonchev–Trinajstić information content (AvgIpc) is 2.84. The molecule has 31 heavy (non-hydrogen) atoms. The van der Waals surface area contributed by atoms with E-state index in [9.17, 15) is 0 Å². The first-order valence-corrected chi connectivity index (χ1v) is 11.3. The van der Waals surface area contributed by atoms with Crippen LogP contribution in [-0.2, 0) is 6.54 Å². The number of ether oxygens (including phenoxy) is 3. The van der Waals surface area contributed by atoms with Gasteiger partial charge in [0, 0.05) is 44.3 Å². The fraction of sp³-hybridized carbons (Fsp3) is 0.520. The number of hydrogen-bond acceptors (Lipinski definition) is 6. The Kier molecular flexibility index (Phi) is 7.20. The lowest BCUT2D eigenvalue weighted by Crippen LogP contribution is -2.53. The molecule has 6 nitrogen and oxygen atoms in total. The van der Waals surface area contributed by atoms with Crippen molar-refractivity contribution in [3.63, 3.8) is 0 Å². The van der Waals surface area contributed by atoms with Crippen LogP contribution in [0.3, 0.4) is 0 Å². The van der Waals surface area contributed by atoms with Gasteiger partial charge in [-0.05, 0) is 56.3 Å². The number of piperidine rings is 1. The second kappa shape index (κ2) is 10.2. The zero-order valence-electron chi connectivity index (χ0n) is 19.0. The summed E-state index contributed by atoms with van der Waals surface area (Å²) < 4.78 is 16.5. The van der Waals surface area contributed by atoms with Crippen LogP contribution in [0.5, 0.6) is 17.2 Å². The van der Waals surface area contributed by atoms with Crippen molar-refractivity contribution >= 4 is 5.69 Å². The molecule has 168 valence electrons. The Morgan fingerprint density at radius 2 is 1.48 bits per heavy atom. The molecule has 0 aliphatic carbocycles. The molecule has 2 aliphatic heterocycles. The standard InChI is InChI=1S/C25H35N3O3/c1-29-22-8-9-24(30-2)20(18-22)19-26-12-10-21(11-13-26)27-14-16-28(17-15-27)23-6-4-5-7-25(23)31-3/h4-9,18,21H,10-17,19H2,1-3H3. The van der Waals surface area contributed by atoms with Crippen molar-refractivity contribution in [3.05, 3.63) is 48.0 Å². The lowest BCUT2D eigenvalue weighted by molar-refractivity contribution is 0.0993. The highest BCUT2D eigenvalue weighted by Gasteiger charge is 2.28. The largest absolute Gasteiger partial charge is 0.497 e. The second-order valence-corrected chi connectivity index (χ2v) is 8.38. The molecule has 2 saturated heterocycles. The number of likely N-dealkylation sites (tertiary alicyclic amines) is 1. The molecule has 2 fully saturated rings. The molecule has 2 aliphatic rings. The maximum Gasteiger partial charge on any atom is 0.142 e. The number of anilines is 1. The lowest BCUT2D eigenvalue weighted by atomic mass is 10.0. The molecule has 6 heteroatoms. The molecular formula is C25H35N3O3. The van der Waals surface area contributed by atoms with Crippen molar-refractivity contribution in [2.75, 3.05) is 65.5 Å². The first kappa shape index (κ1) is 21.8. The van der Waals surface area contributed by atoms with E-state index in [1.807, 2.05) is 18.2 Å². The number of hydrogen-bond donors (Lipinski definition) is 0. The Bertz CT molecular complexity index is 844. The van der Waals surface area contributed by atoms with E-state index >= 15 is 0 Å².